The molecule has 0 saturated carbocycles. The van der Waals surface area contributed by atoms with E-state index < -0.39 is 47.2 Å². The Kier molecular flexibility index (Phi) is 8.36. The van der Waals surface area contributed by atoms with Crippen molar-refractivity contribution in [1.82, 2.24) is 0 Å². The molecule has 0 spiro atoms. The lowest BCUT2D eigenvalue weighted by Gasteiger charge is -2.15. The molecule has 148 valence electrons. The highest BCUT2D eigenvalue weighted by Crippen LogP contribution is 2.40. The summed E-state index contributed by atoms with van der Waals surface area (Å²) in [6.07, 6.45) is -3.60. The van der Waals surface area contributed by atoms with Crippen molar-refractivity contribution in [2.24, 2.45) is 0 Å². The minimum atomic E-state index is -1.43. The third-order valence-corrected chi connectivity index (χ3v) is 2.63. The van der Waals surface area contributed by atoms with Crippen molar-refractivity contribution in [1.29, 1.82) is 0 Å². The van der Waals surface area contributed by atoms with Crippen LogP contribution in [0.25, 0.3) is 0 Å². The first-order valence-corrected chi connectivity index (χ1v) is 7.77. The first-order chi connectivity index (χ1) is 12.8. The molecule has 0 heterocycles. The summed E-state index contributed by atoms with van der Waals surface area (Å²) in [5.41, 5.74) is -0.426. The molecule has 0 aromatic heterocycles. The minimum absolute atomic E-state index is 0.0301. The van der Waals surface area contributed by atoms with Crippen LogP contribution in [0.15, 0.2) is 12.1 Å². The number of ether oxygens (including phenoxy) is 6. The molecule has 0 amide bonds. The molecule has 1 aromatic carbocycles. The average molecular weight is 386 g/mol. The standard InChI is InChI=1S/C16H18O11/c1-4-22-14(19)25-10-7-9(13(17)18)8-11(26-15(20)23-5-2)12(10)27-16(21)24-6-3/h7-8H,4-6H2,1-3H3,(H,17,18). The fourth-order valence-corrected chi connectivity index (χ4v) is 1.66. The SMILES string of the molecule is CCOC(=O)Oc1cc(C(=O)O)cc(OC(=O)OCC)c1OC(=O)OCC. The number of carbonyl (C=O) groups excluding carboxylic acids is 3. The Hall–Kier alpha value is -3.50. The monoisotopic (exact) mass is 386 g/mol. The first kappa shape index (κ1) is 21.5. The fraction of sp³-hybridized carbons (Fsp3) is 0.375. The summed E-state index contributed by atoms with van der Waals surface area (Å²) >= 11 is 0. The molecule has 27 heavy (non-hydrogen) atoms. The van der Waals surface area contributed by atoms with Gasteiger partial charge in [-0.15, -0.1) is 0 Å². The van der Waals surface area contributed by atoms with Gasteiger partial charge in [-0.05, 0) is 32.9 Å². The zero-order chi connectivity index (χ0) is 20.4. The van der Waals surface area contributed by atoms with Crippen molar-refractivity contribution in [3.05, 3.63) is 17.7 Å². The van der Waals surface area contributed by atoms with E-state index in [0.29, 0.717) is 0 Å². The van der Waals surface area contributed by atoms with E-state index in [1.165, 1.54) is 20.8 Å². The van der Waals surface area contributed by atoms with Crippen LogP contribution in [0.4, 0.5) is 14.4 Å². The second-order valence-electron chi connectivity index (χ2n) is 4.46. The molecule has 0 saturated heterocycles. The number of rotatable bonds is 7. The first-order valence-electron chi connectivity index (χ1n) is 7.77. The Balaban J connectivity index is 3.41. The van der Waals surface area contributed by atoms with E-state index in [1.807, 2.05) is 0 Å². The molecule has 11 heteroatoms. The summed E-state index contributed by atoms with van der Waals surface area (Å²) in [5, 5.41) is 9.19. The largest absolute Gasteiger partial charge is 0.514 e. The van der Waals surface area contributed by atoms with Gasteiger partial charge >= 0.3 is 24.4 Å². The zero-order valence-electron chi connectivity index (χ0n) is 14.8. The lowest BCUT2D eigenvalue weighted by atomic mass is 10.2. The van der Waals surface area contributed by atoms with E-state index in [-0.39, 0.29) is 19.8 Å². The molecule has 0 radical (unpaired) electrons. The van der Waals surface area contributed by atoms with Crippen LogP contribution < -0.4 is 14.2 Å². The molecule has 0 aliphatic rings. The highest BCUT2D eigenvalue weighted by atomic mass is 16.8. The van der Waals surface area contributed by atoms with E-state index in [9.17, 15) is 24.3 Å². The predicted octanol–water partition coefficient (Wildman–Crippen LogP) is 2.99. The van der Waals surface area contributed by atoms with Crippen LogP contribution in [0.2, 0.25) is 0 Å². The number of hydrogen-bond acceptors (Lipinski definition) is 10. The van der Waals surface area contributed by atoms with Gasteiger partial charge in [-0.2, -0.15) is 0 Å². The molecule has 0 fully saturated rings. The highest BCUT2D eigenvalue weighted by molar-refractivity contribution is 5.90. The van der Waals surface area contributed by atoms with Gasteiger partial charge in [0, 0.05) is 0 Å². The number of aromatic carboxylic acids is 1. The maximum Gasteiger partial charge on any atom is 0.514 e. The smallest absolute Gasteiger partial charge is 0.478 e. The van der Waals surface area contributed by atoms with Crippen LogP contribution in [-0.2, 0) is 14.2 Å². The third-order valence-electron chi connectivity index (χ3n) is 2.63. The van der Waals surface area contributed by atoms with Crippen molar-refractivity contribution in [2.45, 2.75) is 20.8 Å². The van der Waals surface area contributed by atoms with E-state index in [2.05, 4.69) is 14.2 Å². The van der Waals surface area contributed by atoms with E-state index in [1.54, 1.807) is 0 Å². The normalized spacial score (nSPS) is 9.74. The summed E-state index contributed by atoms with van der Waals surface area (Å²) in [7, 11) is 0. The van der Waals surface area contributed by atoms with Gasteiger partial charge in [0.25, 0.3) is 0 Å². The highest BCUT2D eigenvalue weighted by Gasteiger charge is 2.25. The molecule has 0 bridgehead atoms. The van der Waals surface area contributed by atoms with Crippen LogP contribution in [0.3, 0.4) is 0 Å². The summed E-state index contributed by atoms with van der Waals surface area (Å²) in [4.78, 5) is 46.1. The fourth-order valence-electron chi connectivity index (χ4n) is 1.66. The summed E-state index contributed by atoms with van der Waals surface area (Å²) in [5.74, 6) is -3.08. The molecule has 0 unspecified atom stereocenters. The van der Waals surface area contributed by atoms with Crippen molar-refractivity contribution in [2.75, 3.05) is 19.8 Å². The molecular formula is C16H18O11. The molecule has 0 atom stereocenters. The second-order valence-corrected chi connectivity index (χ2v) is 4.46. The van der Waals surface area contributed by atoms with Crippen molar-refractivity contribution in [3.63, 3.8) is 0 Å². The minimum Gasteiger partial charge on any atom is -0.478 e. The van der Waals surface area contributed by atoms with E-state index in [0.717, 1.165) is 12.1 Å². The molecule has 1 N–H and O–H groups in total. The molecule has 1 rings (SSSR count). The molecule has 11 nitrogen and oxygen atoms in total. The summed E-state index contributed by atoms with van der Waals surface area (Å²) < 4.78 is 28.4. The van der Waals surface area contributed by atoms with Gasteiger partial charge in [0.1, 0.15) is 0 Å². The van der Waals surface area contributed by atoms with Crippen LogP contribution in [0.5, 0.6) is 17.2 Å². The molecular weight excluding hydrogens is 368 g/mol. The molecule has 0 aliphatic heterocycles. The average Bonchev–Trinajstić information content (AvgIpc) is 2.57. The second kappa shape index (κ2) is 10.5. The van der Waals surface area contributed by atoms with Crippen LogP contribution >= 0.6 is 0 Å². The van der Waals surface area contributed by atoms with Gasteiger partial charge in [0.05, 0.1) is 25.4 Å². The van der Waals surface area contributed by atoms with Crippen molar-refractivity contribution in [3.8, 4) is 17.2 Å². The maximum absolute atomic E-state index is 11.7. The number of benzene rings is 1. The Labute approximate surface area is 153 Å². The van der Waals surface area contributed by atoms with Crippen LogP contribution in [0.1, 0.15) is 31.1 Å². The molecule has 0 aliphatic carbocycles. The van der Waals surface area contributed by atoms with Gasteiger partial charge in [0.15, 0.2) is 11.5 Å². The molecule has 1 aromatic rings. The van der Waals surface area contributed by atoms with Gasteiger partial charge < -0.3 is 33.5 Å². The number of hydrogen-bond donors (Lipinski definition) is 1. The van der Waals surface area contributed by atoms with Gasteiger partial charge in [-0.25, -0.2) is 19.2 Å². The topological polar surface area (TPSA) is 144 Å². The summed E-state index contributed by atoms with van der Waals surface area (Å²) in [6, 6.07) is 1.76. The third kappa shape index (κ3) is 6.72. The lowest BCUT2D eigenvalue weighted by molar-refractivity contribution is 0.0691. The van der Waals surface area contributed by atoms with Crippen LogP contribution in [-0.4, -0.2) is 49.4 Å². The summed E-state index contributed by atoms with van der Waals surface area (Å²) in [6.45, 7) is 4.45. The number of carbonyl (C=O) groups is 4. The zero-order valence-corrected chi connectivity index (χ0v) is 14.8. The quantitative estimate of drug-likeness (QED) is 0.419. The Morgan fingerprint density at radius 1 is 0.741 bits per heavy atom. The predicted molar refractivity (Wildman–Crippen MR) is 86.4 cm³/mol. The Bertz CT molecular complexity index is 669. The van der Waals surface area contributed by atoms with Gasteiger partial charge in [0.2, 0.25) is 5.75 Å². The van der Waals surface area contributed by atoms with E-state index >= 15 is 0 Å². The Morgan fingerprint density at radius 2 is 1.11 bits per heavy atom. The number of carboxylic acid groups (broad SMARTS) is 1. The Morgan fingerprint density at radius 3 is 1.44 bits per heavy atom. The number of carboxylic acids is 1. The lowest BCUT2D eigenvalue weighted by Crippen LogP contribution is -2.17. The van der Waals surface area contributed by atoms with E-state index in [4.69, 9.17) is 14.2 Å². The van der Waals surface area contributed by atoms with Crippen LogP contribution in [0, 0.1) is 0 Å². The van der Waals surface area contributed by atoms with Crippen molar-refractivity contribution >= 4 is 24.4 Å². The van der Waals surface area contributed by atoms with Gasteiger partial charge in [-0.1, -0.05) is 0 Å². The van der Waals surface area contributed by atoms with Gasteiger partial charge in [-0.3, -0.25) is 0 Å². The maximum atomic E-state index is 11.7. The van der Waals surface area contributed by atoms with Crippen molar-refractivity contribution < 1.29 is 52.7 Å².